The number of aromatic nitrogens is 3. The molecule has 9 heteroatoms. The number of methoxy groups -OCH3 is 1. The number of fused-ring (bicyclic) bond motifs is 3. The van der Waals surface area contributed by atoms with E-state index in [-0.39, 0.29) is 5.82 Å². The van der Waals surface area contributed by atoms with Crippen molar-refractivity contribution in [1.29, 1.82) is 0 Å². The lowest BCUT2D eigenvalue weighted by atomic mass is 9.84. The zero-order chi connectivity index (χ0) is 24.1. The van der Waals surface area contributed by atoms with Gasteiger partial charge in [-0.1, -0.05) is 53.7 Å². The lowest BCUT2D eigenvalue weighted by Crippen LogP contribution is -2.32. The molecule has 1 N–H and O–H groups in total. The zero-order valence-electron chi connectivity index (χ0n) is 18.8. The summed E-state index contributed by atoms with van der Waals surface area (Å²) in [5.41, 5.74) is 3.78. The second-order valence-electron chi connectivity index (χ2n) is 8.16. The van der Waals surface area contributed by atoms with Gasteiger partial charge in [0.2, 0.25) is 11.1 Å². The second kappa shape index (κ2) is 8.62. The van der Waals surface area contributed by atoms with E-state index in [0.717, 1.165) is 28.1 Å². The summed E-state index contributed by atoms with van der Waals surface area (Å²) >= 11 is 7.84. The normalized spacial score (nSPS) is 18.2. The Bertz CT molecular complexity index is 1470. The van der Waals surface area contributed by atoms with Crippen molar-refractivity contribution >= 4 is 35.0 Å². The first-order valence-corrected chi connectivity index (χ1v) is 12.5. The maximum absolute atomic E-state index is 15.2. The number of halogens is 2. The maximum Gasteiger partial charge on any atom is 0.227 e. The summed E-state index contributed by atoms with van der Waals surface area (Å²) < 4.78 is 28.8. The molecule has 4 aromatic rings. The molecule has 2 aliphatic rings. The van der Waals surface area contributed by atoms with Crippen molar-refractivity contribution in [3.8, 4) is 11.5 Å². The largest absolute Gasteiger partial charge is 0.497 e. The summed E-state index contributed by atoms with van der Waals surface area (Å²) in [5.74, 6) is 1.60. The highest BCUT2D eigenvalue weighted by Crippen LogP contribution is 2.51. The van der Waals surface area contributed by atoms with E-state index in [2.05, 4.69) is 10.3 Å². The van der Waals surface area contributed by atoms with Crippen molar-refractivity contribution in [2.75, 3.05) is 18.7 Å². The molecule has 0 saturated carbocycles. The van der Waals surface area contributed by atoms with Crippen LogP contribution in [0, 0.1) is 5.82 Å². The first-order valence-electron chi connectivity index (χ1n) is 10.9. The maximum atomic E-state index is 15.2. The first kappa shape index (κ1) is 22.0. The summed E-state index contributed by atoms with van der Waals surface area (Å²) in [5, 5.41) is 9.40. The van der Waals surface area contributed by atoms with Gasteiger partial charge in [-0.05, 0) is 48.2 Å². The average molecular weight is 507 g/mol. The van der Waals surface area contributed by atoms with Gasteiger partial charge in [0.05, 0.1) is 12.8 Å². The molecule has 0 radical (unpaired) electrons. The second-order valence-corrected chi connectivity index (χ2v) is 9.37. The number of hydrogen-bond donors (Lipinski definition) is 1. The third-order valence-electron chi connectivity index (χ3n) is 6.22. The fourth-order valence-corrected chi connectivity index (χ4v) is 5.14. The summed E-state index contributed by atoms with van der Waals surface area (Å²) in [6.45, 7) is 0. The highest BCUT2D eigenvalue weighted by Gasteiger charge is 2.42. The van der Waals surface area contributed by atoms with Gasteiger partial charge < -0.3 is 14.8 Å². The number of ether oxygens (including phenoxy) is 2. The van der Waals surface area contributed by atoms with E-state index in [1.165, 1.54) is 17.8 Å². The van der Waals surface area contributed by atoms with Gasteiger partial charge in [0.15, 0.2) is 6.10 Å². The molecule has 0 bridgehead atoms. The molecule has 0 amide bonds. The van der Waals surface area contributed by atoms with E-state index in [4.69, 9.17) is 26.2 Å². The average Bonchev–Trinajstić information content (AvgIpc) is 3.30. The minimum atomic E-state index is -0.699. The van der Waals surface area contributed by atoms with Crippen LogP contribution in [-0.2, 0) is 0 Å². The third kappa shape index (κ3) is 3.64. The standard InChI is InChI=1S/C26H20ClFN4O2S/c1-33-16-10-7-14(8-11-16)23-21-22(29-25-30-26(35-2)31-32(23)25)18-13-15(27)9-12-20(18)34-24(21)17-5-3-4-6-19(17)28/h3-13,23-24H,1-2H3,(H,29,30,31)/t23-,24-/m1/s1. The van der Waals surface area contributed by atoms with Crippen LogP contribution < -0.4 is 14.8 Å². The Morgan fingerprint density at radius 3 is 2.66 bits per heavy atom. The quantitative estimate of drug-likeness (QED) is 0.325. The smallest absolute Gasteiger partial charge is 0.227 e. The van der Waals surface area contributed by atoms with Crippen molar-refractivity contribution in [3.63, 3.8) is 0 Å². The number of benzene rings is 3. The van der Waals surface area contributed by atoms with Crippen molar-refractivity contribution in [1.82, 2.24) is 14.8 Å². The first-order chi connectivity index (χ1) is 17.1. The van der Waals surface area contributed by atoms with Gasteiger partial charge in [-0.2, -0.15) is 4.98 Å². The number of anilines is 1. The molecule has 176 valence electrons. The van der Waals surface area contributed by atoms with E-state index in [1.54, 1.807) is 25.3 Å². The number of thioether (sulfide) groups is 1. The lowest BCUT2D eigenvalue weighted by Gasteiger charge is -2.39. The van der Waals surface area contributed by atoms with Crippen molar-refractivity contribution in [2.24, 2.45) is 0 Å². The molecule has 1 aromatic heterocycles. The van der Waals surface area contributed by atoms with Gasteiger partial charge in [0.1, 0.15) is 23.4 Å². The molecule has 3 heterocycles. The van der Waals surface area contributed by atoms with Gasteiger partial charge in [0.25, 0.3) is 0 Å². The van der Waals surface area contributed by atoms with E-state index in [9.17, 15) is 0 Å². The molecule has 0 aliphatic carbocycles. The molecule has 3 aromatic carbocycles. The van der Waals surface area contributed by atoms with Gasteiger partial charge >= 0.3 is 0 Å². The van der Waals surface area contributed by atoms with E-state index in [1.807, 2.05) is 53.4 Å². The number of rotatable bonds is 4. The molecule has 0 saturated heterocycles. The van der Waals surface area contributed by atoms with Crippen LogP contribution >= 0.6 is 23.4 Å². The SMILES string of the molecule is COc1ccc([C@@H]2C3=C(Nc4nc(SC)nn42)c2cc(Cl)ccc2O[C@@H]3c2ccccc2F)cc1. The van der Waals surface area contributed by atoms with Gasteiger partial charge in [-0.25, -0.2) is 9.07 Å². The zero-order valence-corrected chi connectivity index (χ0v) is 20.4. The summed E-state index contributed by atoms with van der Waals surface area (Å²) in [7, 11) is 1.63. The topological polar surface area (TPSA) is 61.2 Å². The Morgan fingerprint density at radius 2 is 1.91 bits per heavy atom. The monoisotopic (exact) mass is 506 g/mol. The number of hydrogen-bond acceptors (Lipinski definition) is 6. The fraction of sp³-hybridized carbons (Fsp3) is 0.154. The fourth-order valence-electron chi connectivity index (χ4n) is 4.62. The minimum Gasteiger partial charge on any atom is -0.497 e. The highest BCUT2D eigenvalue weighted by molar-refractivity contribution is 7.98. The van der Waals surface area contributed by atoms with Crippen LogP contribution in [0.25, 0.3) is 5.70 Å². The third-order valence-corrected chi connectivity index (χ3v) is 6.99. The summed E-state index contributed by atoms with van der Waals surface area (Å²) in [6, 6.07) is 19.5. The predicted octanol–water partition coefficient (Wildman–Crippen LogP) is 6.36. The van der Waals surface area contributed by atoms with Crippen LogP contribution in [0.2, 0.25) is 5.02 Å². The molecule has 2 atom stereocenters. The summed E-state index contributed by atoms with van der Waals surface area (Å²) in [4.78, 5) is 4.68. The molecule has 0 unspecified atom stereocenters. The Morgan fingerprint density at radius 1 is 1.11 bits per heavy atom. The molecule has 6 rings (SSSR count). The Kier molecular flexibility index (Phi) is 5.42. The molecular weight excluding hydrogens is 487 g/mol. The van der Waals surface area contributed by atoms with E-state index in [0.29, 0.717) is 27.4 Å². The molecular formula is C26H20ClFN4O2S. The van der Waals surface area contributed by atoms with Crippen LogP contribution in [-0.4, -0.2) is 28.1 Å². The van der Waals surface area contributed by atoms with Crippen molar-refractivity contribution < 1.29 is 13.9 Å². The van der Waals surface area contributed by atoms with Crippen LogP contribution in [0.5, 0.6) is 11.5 Å². The van der Waals surface area contributed by atoms with Gasteiger partial charge in [-0.15, -0.1) is 5.10 Å². The molecule has 2 aliphatic heterocycles. The number of nitrogens with zero attached hydrogens (tertiary/aromatic N) is 3. The van der Waals surface area contributed by atoms with E-state index < -0.39 is 12.1 Å². The number of nitrogens with one attached hydrogen (secondary N) is 1. The summed E-state index contributed by atoms with van der Waals surface area (Å²) in [6.07, 6.45) is 1.23. The molecule has 0 fully saturated rings. The Hall–Kier alpha value is -3.49. The predicted molar refractivity (Wildman–Crippen MR) is 135 cm³/mol. The van der Waals surface area contributed by atoms with Crippen LogP contribution in [0.1, 0.15) is 28.8 Å². The van der Waals surface area contributed by atoms with Gasteiger partial charge in [-0.3, -0.25) is 0 Å². The van der Waals surface area contributed by atoms with Crippen LogP contribution in [0.3, 0.4) is 0 Å². The van der Waals surface area contributed by atoms with Crippen LogP contribution in [0.15, 0.2) is 77.5 Å². The molecule has 0 spiro atoms. The van der Waals surface area contributed by atoms with E-state index >= 15 is 4.39 Å². The van der Waals surface area contributed by atoms with Crippen molar-refractivity contribution in [3.05, 3.63) is 99.8 Å². The highest BCUT2D eigenvalue weighted by atomic mass is 35.5. The molecule has 35 heavy (non-hydrogen) atoms. The van der Waals surface area contributed by atoms with Crippen molar-refractivity contribution in [2.45, 2.75) is 17.3 Å². The Labute approximate surface area is 210 Å². The van der Waals surface area contributed by atoms with Crippen LogP contribution in [0.4, 0.5) is 10.3 Å². The minimum absolute atomic E-state index is 0.343. The van der Waals surface area contributed by atoms with Gasteiger partial charge in [0, 0.05) is 21.7 Å². The Balaban J connectivity index is 1.64. The molecule has 6 nitrogen and oxygen atoms in total. The lowest BCUT2D eigenvalue weighted by molar-refractivity contribution is 0.218.